The third-order valence-electron chi connectivity index (χ3n) is 4.10. The monoisotopic (exact) mass is 263 g/mol. The third-order valence-corrected chi connectivity index (χ3v) is 4.10. The van der Waals surface area contributed by atoms with E-state index in [4.69, 9.17) is 5.73 Å². The molecule has 0 bridgehead atoms. The molecule has 1 aromatic heterocycles. The van der Waals surface area contributed by atoms with Crippen molar-refractivity contribution >= 4 is 17.6 Å². The Kier molecular flexibility index (Phi) is 4.45. The SMILES string of the molecule is CCCNc1cc(NC2CCC(C)C2C)nc(N)n1. The summed E-state index contributed by atoms with van der Waals surface area (Å²) < 4.78 is 0. The first-order chi connectivity index (χ1) is 9.10. The van der Waals surface area contributed by atoms with E-state index in [2.05, 4.69) is 41.4 Å². The van der Waals surface area contributed by atoms with Crippen LogP contribution in [0.4, 0.5) is 17.6 Å². The first-order valence-electron chi connectivity index (χ1n) is 7.25. The van der Waals surface area contributed by atoms with E-state index in [0.717, 1.165) is 30.5 Å². The van der Waals surface area contributed by atoms with Crippen LogP contribution in [0.15, 0.2) is 6.07 Å². The topological polar surface area (TPSA) is 75.9 Å². The smallest absolute Gasteiger partial charge is 0.223 e. The van der Waals surface area contributed by atoms with Crippen LogP contribution in [0.2, 0.25) is 0 Å². The second kappa shape index (κ2) is 6.08. The molecule has 4 N–H and O–H groups in total. The fourth-order valence-electron chi connectivity index (χ4n) is 2.64. The highest BCUT2D eigenvalue weighted by Gasteiger charge is 2.29. The fourth-order valence-corrected chi connectivity index (χ4v) is 2.64. The van der Waals surface area contributed by atoms with Gasteiger partial charge >= 0.3 is 0 Å². The van der Waals surface area contributed by atoms with E-state index in [1.54, 1.807) is 0 Å². The molecule has 19 heavy (non-hydrogen) atoms. The van der Waals surface area contributed by atoms with Crippen LogP contribution in [-0.4, -0.2) is 22.6 Å². The van der Waals surface area contributed by atoms with Crippen molar-refractivity contribution in [2.24, 2.45) is 11.8 Å². The minimum Gasteiger partial charge on any atom is -0.370 e. The predicted octanol–water partition coefficient (Wildman–Crippen LogP) is 2.73. The molecule has 5 nitrogen and oxygen atoms in total. The number of hydrogen-bond acceptors (Lipinski definition) is 5. The van der Waals surface area contributed by atoms with Gasteiger partial charge in [0.1, 0.15) is 11.6 Å². The first kappa shape index (κ1) is 13.9. The van der Waals surface area contributed by atoms with Crippen LogP contribution in [0.1, 0.15) is 40.0 Å². The quantitative estimate of drug-likeness (QED) is 0.761. The number of rotatable bonds is 5. The van der Waals surface area contributed by atoms with Gasteiger partial charge in [0.15, 0.2) is 0 Å². The maximum absolute atomic E-state index is 5.77. The molecule has 0 aromatic carbocycles. The number of nitrogens with two attached hydrogens (primary N) is 1. The highest BCUT2D eigenvalue weighted by molar-refractivity contribution is 5.51. The van der Waals surface area contributed by atoms with Crippen molar-refractivity contribution < 1.29 is 0 Å². The van der Waals surface area contributed by atoms with E-state index < -0.39 is 0 Å². The third kappa shape index (κ3) is 3.49. The highest BCUT2D eigenvalue weighted by atomic mass is 15.1. The summed E-state index contributed by atoms with van der Waals surface area (Å²) in [4.78, 5) is 8.48. The lowest BCUT2D eigenvalue weighted by Gasteiger charge is -2.20. The molecule has 1 aliphatic rings. The largest absolute Gasteiger partial charge is 0.370 e. The van der Waals surface area contributed by atoms with Gasteiger partial charge in [-0.2, -0.15) is 9.97 Å². The molecule has 0 spiro atoms. The van der Waals surface area contributed by atoms with Gasteiger partial charge in [-0.1, -0.05) is 20.8 Å². The molecule has 1 heterocycles. The molecule has 0 saturated heterocycles. The summed E-state index contributed by atoms with van der Waals surface area (Å²) >= 11 is 0. The van der Waals surface area contributed by atoms with Crippen molar-refractivity contribution in [3.63, 3.8) is 0 Å². The Morgan fingerprint density at radius 2 is 2.00 bits per heavy atom. The van der Waals surface area contributed by atoms with E-state index in [0.29, 0.717) is 17.9 Å². The van der Waals surface area contributed by atoms with Gasteiger partial charge in [-0.05, 0) is 31.1 Å². The van der Waals surface area contributed by atoms with Crippen LogP contribution in [0.25, 0.3) is 0 Å². The summed E-state index contributed by atoms with van der Waals surface area (Å²) in [5, 5.41) is 6.76. The number of nitrogens with zero attached hydrogens (tertiary/aromatic N) is 2. The molecule has 3 unspecified atom stereocenters. The zero-order valence-corrected chi connectivity index (χ0v) is 12.1. The normalized spacial score (nSPS) is 26.4. The Morgan fingerprint density at radius 3 is 2.63 bits per heavy atom. The standard InChI is InChI=1S/C14H25N5/c1-4-7-16-12-8-13(19-14(15)18-12)17-11-6-5-9(2)10(11)3/h8-11H,4-7H2,1-3H3,(H4,15,16,17,18,19). The van der Waals surface area contributed by atoms with E-state index in [-0.39, 0.29) is 0 Å². The Morgan fingerprint density at radius 1 is 1.26 bits per heavy atom. The average molecular weight is 263 g/mol. The predicted molar refractivity (Wildman–Crippen MR) is 80.2 cm³/mol. The van der Waals surface area contributed by atoms with E-state index in [9.17, 15) is 0 Å². The number of aromatic nitrogens is 2. The molecule has 1 aliphatic carbocycles. The lowest BCUT2D eigenvalue weighted by molar-refractivity contribution is 0.435. The van der Waals surface area contributed by atoms with E-state index >= 15 is 0 Å². The fraction of sp³-hybridized carbons (Fsp3) is 0.714. The van der Waals surface area contributed by atoms with Crippen LogP contribution < -0.4 is 16.4 Å². The van der Waals surface area contributed by atoms with Crippen molar-refractivity contribution in [1.29, 1.82) is 0 Å². The summed E-state index contributed by atoms with van der Waals surface area (Å²) in [7, 11) is 0. The zero-order valence-electron chi connectivity index (χ0n) is 12.1. The summed E-state index contributed by atoms with van der Waals surface area (Å²) in [5.74, 6) is 3.40. The molecule has 2 rings (SSSR count). The average Bonchev–Trinajstić information content (AvgIpc) is 2.68. The Hall–Kier alpha value is -1.52. The van der Waals surface area contributed by atoms with Crippen LogP contribution in [0.3, 0.4) is 0 Å². The lowest BCUT2D eigenvalue weighted by Crippen LogP contribution is -2.25. The van der Waals surface area contributed by atoms with Crippen molar-refractivity contribution in [2.45, 2.75) is 46.1 Å². The maximum atomic E-state index is 5.77. The molecule has 1 saturated carbocycles. The molecule has 1 aromatic rings. The van der Waals surface area contributed by atoms with Gasteiger partial charge in [0.2, 0.25) is 5.95 Å². The van der Waals surface area contributed by atoms with Gasteiger partial charge in [-0.25, -0.2) is 0 Å². The van der Waals surface area contributed by atoms with Gasteiger partial charge < -0.3 is 16.4 Å². The Balaban J connectivity index is 2.05. The summed E-state index contributed by atoms with van der Waals surface area (Å²) in [5.41, 5.74) is 5.77. The highest BCUT2D eigenvalue weighted by Crippen LogP contribution is 2.33. The Labute approximate surface area is 115 Å². The molecule has 1 fully saturated rings. The Bertz CT molecular complexity index is 420. The molecule has 0 aliphatic heterocycles. The van der Waals surface area contributed by atoms with Gasteiger partial charge in [0, 0.05) is 18.7 Å². The summed E-state index contributed by atoms with van der Waals surface area (Å²) in [6.07, 6.45) is 3.54. The summed E-state index contributed by atoms with van der Waals surface area (Å²) in [6, 6.07) is 2.44. The van der Waals surface area contributed by atoms with E-state index in [1.165, 1.54) is 12.8 Å². The van der Waals surface area contributed by atoms with Crippen LogP contribution >= 0.6 is 0 Å². The lowest BCUT2D eigenvalue weighted by atomic mass is 9.98. The van der Waals surface area contributed by atoms with Crippen molar-refractivity contribution in [3.8, 4) is 0 Å². The van der Waals surface area contributed by atoms with Gasteiger partial charge in [-0.15, -0.1) is 0 Å². The molecular formula is C14H25N5. The number of hydrogen-bond donors (Lipinski definition) is 3. The molecule has 0 radical (unpaired) electrons. The molecule has 106 valence electrons. The van der Waals surface area contributed by atoms with Crippen LogP contribution in [0.5, 0.6) is 0 Å². The number of nitrogen functional groups attached to an aromatic ring is 1. The second-order valence-electron chi connectivity index (χ2n) is 5.59. The van der Waals surface area contributed by atoms with Crippen molar-refractivity contribution in [2.75, 3.05) is 22.9 Å². The van der Waals surface area contributed by atoms with Gasteiger partial charge in [0.05, 0.1) is 0 Å². The molecular weight excluding hydrogens is 238 g/mol. The second-order valence-corrected chi connectivity index (χ2v) is 5.59. The van der Waals surface area contributed by atoms with Crippen LogP contribution in [0, 0.1) is 11.8 Å². The van der Waals surface area contributed by atoms with Gasteiger partial charge in [0.25, 0.3) is 0 Å². The molecule has 5 heteroatoms. The maximum Gasteiger partial charge on any atom is 0.223 e. The van der Waals surface area contributed by atoms with Crippen LogP contribution in [-0.2, 0) is 0 Å². The molecule has 0 amide bonds. The van der Waals surface area contributed by atoms with Gasteiger partial charge in [-0.3, -0.25) is 0 Å². The van der Waals surface area contributed by atoms with Crippen molar-refractivity contribution in [1.82, 2.24) is 9.97 Å². The number of anilines is 3. The summed E-state index contributed by atoms with van der Waals surface area (Å²) in [6.45, 7) is 7.64. The molecule has 3 atom stereocenters. The minimum atomic E-state index is 0.322. The minimum absolute atomic E-state index is 0.322. The zero-order chi connectivity index (χ0) is 13.8. The van der Waals surface area contributed by atoms with Crippen molar-refractivity contribution in [3.05, 3.63) is 6.07 Å². The number of nitrogens with one attached hydrogen (secondary N) is 2. The first-order valence-corrected chi connectivity index (χ1v) is 7.25. The van der Waals surface area contributed by atoms with E-state index in [1.807, 2.05) is 6.07 Å².